The number of likely N-dealkylation sites (N-methyl/N-ethyl adjacent to an activating group) is 1. The standard InChI is InChI=1S/C13H18N4O2/c1-9-5-4-6-11(15-9)13-16-12(19-17-13)7-10(14-2)8-18-3/h4-6,10,14H,7-8H2,1-3H3. The number of pyridine rings is 1. The number of nitrogens with zero attached hydrogens (tertiary/aromatic N) is 3. The van der Waals surface area contributed by atoms with Crippen molar-refractivity contribution >= 4 is 0 Å². The zero-order valence-electron chi connectivity index (χ0n) is 11.4. The summed E-state index contributed by atoms with van der Waals surface area (Å²) < 4.78 is 10.4. The summed E-state index contributed by atoms with van der Waals surface area (Å²) in [7, 11) is 3.54. The van der Waals surface area contributed by atoms with Gasteiger partial charge in [0.05, 0.1) is 6.61 Å². The van der Waals surface area contributed by atoms with E-state index in [0.717, 1.165) is 11.4 Å². The van der Waals surface area contributed by atoms with Gasteiger partial charge in [-0.2, -0.15) is 4.98 Å². The van der Waals surface area contributed by atoms with Crippen LogP contribution >= 0.6 is 0 Å². The Morgan fingerprint density at radius 2 is 2.21 bits per heavy atom. The van der Waals surface area contributed by atoms with Crippen LogP contribution in [-0.4, -0.2) is 41.9 Å². The number of nitrogens with one attached hydrogen (secondary N) is 1. The SMILES string of the molecule is CNC(COC)Cc1nc(-c2cccc(C)n2)no1. The molecule has 1 N–H and O–H groups in total. The Kier molecular flexibility index (Phi) is 4.59. The predicted molar refractivity (Wildman–Crippen MR) is 70.7 cm³/mol. The van der Waals surface area contributed by atoms with Gasteiger partial charge in [-0.1, -0.05) is 11.2 Å². The highest BCUT2D eigenvalue weighted by Gasteiger charge is 2.14. The van der Waals surface area contributed by atoms with Crippen molar-refractivity contribution in [2.75, 3.05) is 20.8 Å². The van der Waals surface area contributed by atoms with Crippen LogP contribution in [0, 0.1) is 6.92 Å². The Bertz CT molecular complexity index is 527. The number of hydrogen-bond acceptors (Lipinski definition) is 6. The fourth-order valence-corrected chi connectivity index (χ4v) is 1.77. The molecule has 6 nitrogen and oxygen atoms in total. The molecule has 0 fully saturated rings. The van der Waals surface area contributed by atoms with Gasteiger partial charge in [0.2, 0.25) is 11.7 Å². The molecule has 1 atom stereocenters. The minimum atomic E-state index is 0.156. The van der Waals surface area contributed by atoms with E-state index in [1.54, 1.807) is 7.11 Å². The molecular weight excluding hydrogens is 244 g/mol. The molecule has 0 radical (unpaired) electrons. The molecule has 2 rings (SSSR count). The van der Waals surface area contributed by atoms with Crippen LogP contribution in [0.1, 0.15) is 11.6 Å². The van der Waals surface area contributed by atoms with E-state index in [1.807, 2.05) is 32.2 Å². The average Bonchev–Trinajstić information content (AvgIpc) is 2.87. The second-order valence-electron chi connectivity index (χ2n) is 4.32. The summed E-state index contributed by atoms with van der Waals surface area (Å²) in [6.45, 7) is 2.52. The van der Waals surface area contributed by atoms with Gasteiger partial charge in [0, 0.05) is 25.3 Å². The van der Waals surface area contributed by atoms with Gasteiger partial charge >= 0.3 is 0 Å². The van der Waals surface area contributed by atoms with E-state index in [4.69, 9.17) is 9.26 Å². The molecule has 19 heavy (non-hydrogen) atoms. The van der Waals surface area contributed by atoms with Gasteiger partial charge in [-0.25, -0.2) is 4.98 Å². The lowest BCUT2D eigenvalue weighted by Gasteiger charge is -2.11. The van der Waals surface area contributed by atoms with E-state index in [2.05, 4.69) is 20.4 Å². The smallest absolute Gasteiger partial charge is 0.228 e. The van der Waals surface area contributed by atoms with Crippen molar-refractivity contribution in [1.29, 1.82) is 0 Å². The molecule has 0 aliphatic carbocycles. The summed E-state index contributed by atoms with van der Waals surface area (Å²) in [5.74, 6) is 1.10. The summed E-state index contributed by atoms with van der Waals surface area (Å²) in [5.41, 5.74) is 1.65. The molecule has 0 amide bonds. The maximum atomic E-state index is 5.24. The van der Waals surface area contributed by atoms with Crippen molar-refractivity contribution in [3.63, 3.8) is 0 Å². The van der Waals surface area contributed by atoms with Gasteiger partial charge in [0.15, 0.2) is 0 Å². The van der Waals surface area contributed by atoms with Crippen LogP contribution in [0.25, 0.3) is 11.5 Å². The van der Waals surface area contributed by atoms with Crippen LogP contribution in [-0.2, 0) is 11.2 Å². The van der Waals surface area contributed by atoms with Gasteiger partial charge in [0.1, 0.15) is 5.69 Å². The lowest BCUT2D eigenvalue weighted by molar-refractivity contribution is 0.165. The first-order valence-corrected chi connectivity index (χ1v) is 6.15. The average molecular weight is 262 g/mol. The number of ether oxygens (including phenoxy) is 1. The number of aromatic nitrogens is 3. The zero-order valence-corrected chi connectivity index (χ0v) is 11.4. The molecule has 0 saturated carbocycles. The first-order valence-electron chi connectivity index (χ1n) is 6.15. The molecule has 102 valence electrons. The minimum absolute atomic E-state index is 0.156. The monoisotopic (exact) mass is 262 g/mol. The van der Waals surface area contributed by atoms with Crippen molar-refractivity contribution in [2.24, 2.45) is 0 Å². The zero-order chi connectivity index (χ0) is 13.7. The fraction of sp³-hybridized carbons (Fsp3) is 0.462. The van der Waals surface area contributed by atoms with E-state index in [9.17, 15) is 0 Å². The highest BCUT2D eigenvalue weighted by Crippen LogP contribution is 2.14. The summed E-state index contributed by atoms with van der Waals surface area (Å²) in [6.07, 6.45) is 0.628. The number of rotatable bonds is 6. The molecule has 2 aromatic rings. The Morgan fingerprint density at radius 1 is 1.37 bits per heavy atom. The first-order chi connectivity index (χ1) is 9.22. The van der Waals surface area contributed by atoms with Crippen molar-refractivity contribution in [2.45, 2.75) is 19.4 Å². The maximum Gasteiger partial charge on any atom is 0.228 e. The van der Waals surface area contributed by atoms with Gasteiger partial charge < -0.3 is 14.6 Å². The Balaban J connectivity index is 2.10. The van der Waals surface area contributed by atoms with Crippen molar-refractivity contribution in [1.82, 2.24) is 20.4 Å². The first kappa shape index (κ1) is 13.6. The van der Waals surface area contributed by atoms with Gasteiger partial charge in [-0.3, -0.25) is 0 Å². The van der Waals surface area contributed by atoms with Gasteiger partial charge in [-0.15, -0.1) is 0 Å². The molecular formula is C13H18N4O2. The Morgan fingerprint density at radius 3 is 2.89 bits per heavy atom. The van der Waals surface area contributed by atoms with Crippen LogP contribution in [0.5, 0.6) is 0 Å². The normalized spacial score (nSPS) is 12.6. The van der Waals surface area contributed by atoms with Crippen LogP contribution in [0.15, 0.2) is 22.7 Å². The topological polar surface area (TPSA) is 73.1 Å². The molecule has 2 aromatic heterocycles. The third-order valence-electron chi connectivity index (χ3n) is 2.78. The molecule has 2 heterocycles. The van der Waals surface area contributed by atoms with E-state index in [1.165, 1.54) is 0 Å². The fourth-order valence-electron chi connectivity index (χ4n) is 1.77. The number of methoxy groups -OCH3 is 1. The molecule has 0 saturated heterocycles. The molecule has 0 aromatic carbocycles. The van der Waals surface area contributed by atoms with Crippen LogP contribution in [0.3, 0.4) is 0 Å². The highest BCUT2D eigenvalue weighted by atomic mass is 16.5. The summed E-state index contributed by atoms with van der Waals surface area (Å²) in [4.78, 5) is 8.72. The quantitative estimate of drug-likeness (QED) is 0.843. The Hall–Kier alpha value is -1.79. The molecule has 0 spiro atoms. The van der Waals surface area contributed by atoms with Crippen molar-refractivity contribution < 1.29 is 9.26 Å². The third-order valence-corrected chi connectivity index (χ3v) is 2.78. The second-order valence-corrected chi connectivity index (χ2v) is 4.32. The molecule has 1 unspecified atom stereocenters. The van der Waals surface area contributed by atoms with Gasteiger partial charge in [-0.05, 0) is 26.1 Å². The molecule has 0 aliphatic heterocycles. The van der Waals surface area contributed by atoms with Crippen LogP contribution in [0.4, 0.5) is 0 Å². The van der Waals surface area contributed by atoms with E-state index < -0.39 is 0 Å². The van der Waals surface area contributed by atoms with E-state index in [-0.39, 0.29) is 6.04 Å². The number of hydrogen-bond donors (Lipinski definition) is 1. The minimum Gasteiger partial charge on any atom is -0.383 e. The Labute approximate surface area is 112 Å². The number of aryl methyl sites for hydroxylation is 1. The summed E-state index contributed by atoms with van der Waals surface area (Å²) in [5, 5.41) is 7.10. The summed E-state index contributed by atoms with van der Waals surface area (Å²) in [6, 6.07) is 5.88. The summed E-state index contributed by atoms with van der Waals surface area (Å²) >= 11 is 0. The molecule has 6 heteroatoms. The molecule has 0 aliphatic rings. The second kappa shape index (κ2) is 6.40. The van der Waals surface area contributed by atoms with Crippen LogP contribution < -0.4 is 5.32 Å². The molecule has 0 bridgehead atoms. The lowest BCUT2D eigenvalue weighted by atomic mass is 10.2. The van der Waals surface area contributed by atoms with Crippen molar-refractivity contribution in [3.8, 4) is 11.5 Å². The van der Waals surface area contributed by atoms with Gasteiger partial charge in [0.25, 0.3) is 0 Å². The predicted octanol–water partition coefficient (Wildman–Crippen LogP) is 1.22. The van der Waals surface area contributed by atoms with E-state index in [0.29, 0.717) is 24.7 Å². The lowest BCUT2D eigenvalue weighted by Crippen LogP contribution is -2.32. The largest absolute Gasteiger partial charge is 0.383 e. The third kappa shape index (κ3) is 3.59. The van der Waals surface area contributed by atoms with Crippen LogP contribution in [0.2, 0.25) is 0 Å². The van der Waals surface area contributed by atoms with Crippen molar-refractivity contribution in [3.05, 3.63) is 29.8 Å². The van der Waals surface area contributed by atoms with E-state index >= 15 is 0 Å². The highest BCUT2D eigenvalue weighted by molar-refractivity contribution is 5.47. The maximum absolute atomic E-state index is 5.24.